The van der Waals surface area contributed by atoms with Crippen molar-refractivity contribution in [2.45, 2.75) is 6.92 Å². The van der Waals surface area contributed by atoms with E-state index in [9.17, 15) is 4.39 Å². The standard InChI is InChI=1S/C19H15FN4/c1-11-9-13(4-6-16(11)20)18-14(3-2-8-22-18)12-5-7-17-15(10-12)19(21)24-23-17/h2-10H,1H3,(H3,21,23,24). The molecule has 0 spiro atoms. The first-order valence-electron chi connectivity index (χ1n) is 7.59. The molecule has 2 aromatic carbocycles. The van der Waals surface area contributed by atoms with Crippen molar-refractivity contribution in [2.24, 2.45) is 0 Å². The van der Waals surface area contributed by atoms with Gasteiger partial charge in [-0.1, -0.05) is 12.1 Å². The lowest BCUT2D eigenvalue weighted by Crippen LogP contribution is -1.91. The molecule has 0 unspecified atom stereocenters. The van der Waals surface area contributed by atoms with Gasteiger partial charge in [0.05, 0.1) is 11.2 Å². The first-order valence-corrected chi connectivity index (χ1v) is 7.59. The minimum absolute atomic E-state index is 0.219. The Kier molecular flexibility index (Phi) is 3.27. The van der Waals surface area contributed by atoms with Crippen molar-refractivity contribution in [1.82, 2.24) is 15.2 Å². The number of fused-ring (bicyclic) bond motifs is 1. The van der Waals surface area contributed by atoms with Crippen LogP contribution in [0, 0.1) is 12.7 Å². The highest BCUT2D eigenvalue weighted by molar-refractivity contribution is 5.94. The van der Waals surface area contributed by atoms with Gasteiger partial charge in [0.25, 0.3) is 0 Å². The second-order valence-corrected chi connectivity index (χ2v) is 5.73. The normalized spacial score (nSPS) is 11.1. The largest absolute Gasteiger partial charge is 0.382 e. The number of hydrogen-bond donors (Lipinski definition) is 2. The molecular weight excluding hydrogens is 303 g/mol. The van der Waals surface area contributed by atoms with Crippen molar-refractivity contribution in [1.29, 1.82) is 0 Å². The highest BCUT2D eigenvalue weighted by Crippen LogP contribution is 2.33. The lowest BCUT2D eigenvalue weighted by Gasteiger charge is -2.10. The average molecular weight is 318 g/mol. The van der Waals surface area contributed by atoms with Crippen LogP contribution in [0.2, 0.25) is 0 Å². The van der Waals surface area contributed by atoms with E-state index < -0.39 is 0 Å². The average Bonchev–Trinajstić information content (AvgIpc) is 2.98. The summed E-state index contributed by atoms with van der Waals surface area (Å²) in [4.78, 5) is 4.51. The third-order valence-corrected chi connectivity index (χ3v) is 4.14. The summed E-state index contributed by atoms with van der Waals surface area (Å²) in [5, 5.41) is 7.79. The van der Waals surface area contributed by atoms with Gasteiger partial charge in [-0.2, -0.15) is 5.10 Å². The second-order valence-electron chi connectivity index (χ2n) is 5.73. The van der Waals surface area contributed by atoms with Gasteiger partial charge in [0.1, 0.15) is 5.82 Å². The molecule has 4 nitrogen and oxygen atoms in total. The van der Waals surface area contributed by atoms with Crippen LogP contribution < -0.4 is 5.73 Å². The summed E-state index contributed by atoms with van der Waals surface area (Å²) < 4.78 is 13.6. The van der Waals surface area contributed by atoms with Crippen LogP contribution in [0.25, 0.3) is 33.3 Å². The van der Waals surface area contributed by atoms with E-state index in [1.807, 2.05) is 36.4 Å². The van der Waals surface area contributed by atoms with E-state index in [4.69, 9.17) is 5.73 Å². The summed E-state index contributed by atoms with van der Waals surface area (Å²) in [5.41, 5.74) is 11.0. The number of nitrogens with one attached hydrogen (secondary N) is 1. The Labute approximate surface area is 138 Å². The van der Waals surface area contributed by atoms with Gasteiger partial charge in [-0.05, 0) is 54.4 Å². The van der Waals surface area contributed by atoms with Gasteiger partial charge >= 0.3 is 0 Å². The summed E-state index contributed by atoms with van der Waals surface area (Å²) in [7, 11) is 0. The maximum Gasteiger partial charge on any atom is 0.153 e. The van der Waals surface area contributed by atoms with Gasteiger partial charge in [0.15, 0.2) is 5.82 Å². The predicted octanol–water partition coefficient (Wildman–Crippen LogP) is 4.32. The number of nitrogens with two attached hydrogens (primary N) is 1. The summed E-state index contributed by atoms with van der Waals surface area (Å²) in [6.07, 6.45) is 1.74. The van der Waals surface area contributed by atoms with E-state index in [0.717, 1.165) is 33.3 Å². The van der Waals surface area contributed by atoms with Gasteiger partial charge in [0.2, 0.25) is 0 Å². The molecular formula is C19H15FN4. The molecule has 0 fully saturated rings. The van der Waals surface area contributed by atoms with Crippen LogP contribution in [-0.4, -0.2) is 15.2 Å². The number of hydrogen-bond acceptors (Lipinski definition) is 3. The van der Waals surface area contributed by atoms with E-state index in [-0.39, 0.29) is 5.82 Å². The molecule has 5 heteroatoms. The first-order chi connectivity index (χ1) is 11.6. The van der Waals surface area contributed by atoms with Crippen LogP contribution in [0.1, 0.15) is 5.56 Å². The van der Waals surface area contributed by atoms with E-state index in [1.54, 1.807) is 19.2 Å². The molecule has 0 atom stereocenters. The Balaban J connectivity index is 1.91. The zero-order valence-electron chi connectivity index (χ0n) is 13.0. The molecule has 0 bridgehead atoms. The van der Waals surface area contributed by atoms with Gasteiger partial charge < -0.3 is 5.73 Å². The summed E-state index contributed by atoms with van der Waals surface area (Å²) in [6, 6.07) is 14.9. The Morgan fingerprint density at radius 1 is 1.04 bits per heavy atom. The van der Waals surface area contributed by atoms with Crippen LogP contribution in [0.15, 0.2) is 54.7 Å². The number of halogens is 1. The topological polar surface area (TPSA) is 67.6 Å². The monoisotopic (exact) mass is 318 g/mol. The summed E-state index contributed by atoms with van der Waals surface area (Å²) in [6.45, 7) is 1.75. The third kappa shape index (κ3) is 2.31. The van der Waals surface area contributed by atoms with Crippen molar-refractivity contribution in [2.75, 3.05) is 5.73 Å². The van der Waals surface area contributed by atoms with Crippen LogP contribution in [0.4, 0.5) is 10.2 Å². The fourth-order valence-electron chi connectivity index (χ4n) is 2.86. The fourth-order valence-corrected chi connectivity index (χ4v) is 2.86. The number of anilines is 1. The Hall–Kier alpha value is -3.21. The molecule has 2 heterocycles. The zero-order valence-corrected chi connectivity index (χ0v) is 13.0. The molecule has 0 radical (unpaired) electrons. The molecule has 0 aliphatic rings. The zero-order chi connectivity index (χ0) is 16.7. The molecule has 0 saturated heterocycles. The van der Waals surface area contributed by atoms with E-state index in [2.05, 4.69) is 15.2 Å². The minimum atomic E-state index is -0.219. The molecule has 4 aromatic rings. The first kappa shape index (κ1) is 14.4. The lowest BCUT2D eigenvalue weighted by molar-refractivity contribution is 0.619. The van der Waals surface area contributed by atoms with Gasteiger partial charge in [-0.15, -0.1) is 0 Å². The second kappa shape index (κ2) is 5.45. The van der Waals surface area contributed by atoms with Crippen molar-refractivity contribution in [3.63, 3.8) is 0 Å². The number of rotatable bonds is 2. The van der Waals surface area contributed by atoms with Gasteiger partial charge in [-0.25, -0.2) is 4.39 Å². The number of nitrogen functional groups attached to an aromatic ring is 1. The predicted molar refractivity (Wildman–Crippen MR) is 93.9 cm³/mol. The molecule has 0 aliphatic carbocycles. The van der Waals surface area contributed by atoms with Crippen molar-refractivity contribution >= 4 is 16.7 Å². The number of aromatic nitrogens is 3. The molecule has 3 N–H and O–H groups in total. The van der Waals surface area contributed by atoms with Gasteiger partial charge in [0, 0.05) is 22.7 Å². The van der Waals surface area contributed by atoms with Crippen LogP contribution >= 0.6 is 0 Å². The molecule has 118 valence electrons. The van der Waals surface area contributed by atoms with E-state index in [0.29, 0.717) is 11.4 Å². The molecule has 4 rings (SSSR count). The number of H-pyrrole nitrogens is 1. The fraction of sp³-hybridized carbons (Fsp3) is 0.0526. The highest BCUT2D eigenvalue weighted by Gasteiger charge is 2.12. The Bertz CT molecular complexity index is 1050. The minimum Gasteiger partial charge on any atom is -0.382 e. The lowest BCUT2D eigenvalue weighted by atomic mass is 9.97. The number of aromatic amines is 1. The smallest absolute Gasteiger partial charge is 0.153 e. The van der Waals surface area contributed by atoms with Gasteiger partial charge in [-0.3, -0.25) is 10.1 Å². The van der Waals surface area contributed by atoms with Crippen LogP contribution in [0.5, 0.6) is 0 Å². The summed E-state index contributed by atoms with van der Waals surface area (Å²) in [5.74, 6) is 0.249. The SMILES string of the molecule is Cc1cc(-c2ncccc2-c2ccc3[nH]nc(N)c3c2)ccc1F. The number of pyridine rings is 1. The van der Waals surface area contributed by atoms with Crippen molar-refractivity contribution < 1.29 is 4.39 Å². The van der Waals surface area contributed by atoms with Crippen molar-refractivity contribution in [3.05, 3.63) is 66.1 Å². The number of benzene rings is 2. The number of nitrogens with zero attached hydrogens (tertiary/aromatic N) is 2. The molecule has 0 aliphatic heterocycles. The quantitative estimate of drug-likeness (QED) is 0.578. The van der Waals surface area contributed by atoms with Crippen LogP contribution in [-0.2, 0) is 0 Å². The Morgan fingerprint density at radius 2 is 1.88 bits per heavy atom. The summed E-state index contributed by atoms with van der Waals surface area (Å²) >= 11 is 0. The van der Waals surface area contributed by atoms with E-state index in [1.165, 1.54) is 6.07 Å². The molecule has 0 saturated carbocycles. The molecule has 2 aromatic heterocycles. The Morgan fingerprint density at radius 3 is 2.71 bits per heavy atom. The maximum atomic E-state index is 13.6. The van der Waals surface area contributed by atoms with E-state index >= 15 is 0 Å². The number of aryl methyl sites for hydroxylation is 1. The molecule has 0 amide bonds. The molecule has 24 heavy (non-hydrogen) atoms. The third-order valence-electron chi connectivity index (χ3n) is 4.14. The van der Waals surface area contributed by atoms with Crippen molar-refractivity contribution in [3.8, 4) is 22.4 Å². The highest BCUT2D eigenvalue weighted by atomic mass is 19.1. The van der Waals surface area contributed by atoms with Crippen LogP contribution in [0.3, 0.4) is 0 Å². The maximum absolute atomic E-state index is 13.6.